The smallest absolute Gasteiger partial charge is 0.306 e. The van der Waals surface area contributed by atoms with Crippen LogP contribution in [0.4, 0.5) is 0 Å². The largest absolute Gasteiger partial charge is 0.462 e. The number of hydrogen-bond donors (Lipinski definition) is 2. The number of ether oxygens (including phenoxy) is 5. The third kappa shape index (κ3) is 49.9. The minimum Gasteiger partial charge on any atom is -0.462 e. The lowest BCUT2D eigenvalue weighted by Gasteiger charge is -2.22. The van der Waals surface area contributed by atoms with Crippen molar-refractivity contribution in [3.05, 3.63) is 24.3 Å². The van der Waals surface area contributed by atoms with E-state index in [-0.39, 0.29) is 63.8 Å². The molecule has 0 radical (unpaired) electrons. The van der Waals surface area contributed by atoms with E-state index in [9.17, 15) is 24.6 Å². The fourth-order valence-corrected chi connectivity index (χ4v) is 7.96. The van der Waals surface area contributed by atoms with Gasteiger partial charge in [-0.25, -0.2) is 0 Å². The molecule has 394 valence electrons. The first-order valence-electron chi connectivity index (χ1n) is 28.1. The molecule has 0 aromatic carbocycles. The van der Waals surface area contributed by atoms with Crippen LogP contribution in [0.15, 0.2) is 24.3 Å². The summed E-state index contributed by atoms with van der Waals surface area (Å²) >= 11 is 0. The molecule has 0 aliphatic heterocycles. The fourth-order valence-electron chi connectivity index (χ4n) is 7.96. The van der Waals surface area contributed by atoms with Crippen LogP contribution in [0.1, 0.15) is 265 Å². The zero-order valence-electron chi connectivity index (χ0n) is 43.8. The Labute approximate surface area is 411 Å². The summed E-state index contributed by atoms with van der Waals surface area (Å²) in [6.07, 6.45) is 48.4. The molecule has 0 aliphatic rings. The molecule has 0 rings (SSSR count). The second kappa shape index (κ2) is 53.1. The second-order valence-corrected chi connectivity index (χ2v) is 19.1. The number of allylic oxidation sites excluding steroid dienone is 4. The van der Waals surface area contributed by atoms with Gasteiger partial charge in [0.15, 0.2) is 6.10 Å². The van der Waals surface area contributed by atoms with E-state index in [1.807, 2.05) is 0 Å². The molecule has 0 bridgehead atoms. The summed E-state index contributed by atoms with van der Waals surface area (Å²) < 4.78 is 28.6. The predicted molar refractivity (Wildman–Crippen MR) is 276 cm³/mol. The highest BCUT2D eigenvalue weighted by molar-refractivity contribution is 5.70. The van der Waals surface area contributed by atoms with Crippen LogP contribution >= 0.6 is 0 Å². The predicted octanol–water partition coefficient (Wildman–Crippen LogP) is 14.7. The van der Waals surface area contributed by atoms with Gasteiger partial charge in [0, 0.05) is 19.3 Å². The highest BCUT2D eigenvalue weighted by Gasteiger charge is 2.21. The molecule has 10 heteroatoms. The zero-order chi connectivity index (χ0) is 48.9. The molecule has 2 N–H and O–H groups in total. The van der Waals surface area contributed by atoms with Gasteiger partial charge in [0.25, 0.3) is 0 Å². The summed E-state index contributed by atoms with van der Waals surface area (Å²) in [6, 6.07) is 0. The van der Waals surface area contributed by atoms with Crippen LogP contribution in [-0.2, 0) is 38.1 Å². The Kier molecular flexibility index (Phi) is 51.3. The van der Waals surface area contributed by atoms with Gasteiger partial charge in [-0.05, 0) is 70.6 Å². The van der Waals surface area contributed by atoms with Crippen molar-refractivity contribution in [1.29, 1.82) is 0 Å². The molecule has 0 heterocycles. The summed E-state index contributed by atoms with van der Waals surface area (Å²) in [7, 11) is 0. The maximum absolute atomic E-state index is 13.0. The molecular weight excluding hydrogens is 845 g/mol. The van der Waals surface area contributed by atoms with E-state index >= 15 is 0 Å². The van der Waals surface area contributed by atoms with E-state index in [1.165, 1.54) is 128 Å². The van der Waals surface area contributed by atoms with Crippen LogP contribution in [0.3, 0.4) is 0 Å². The van der Waals surface area contributed by atoms with Crippen molar-refractivity contribution >= 4 is 17.9 Å². The number of carbonyl (C=O) groups excluding carboxylic acids is 3. The number of aliphatic hydroxyl groups excluding tert-OH is 2. The van der Waals surface area contributed by atoms with Gasteiger partial charge in [-0.1, -0.05) is 199 Å². The lowest BCUT2D eigenvalue weighted by molar-refractivity contribution is -0.167. The average Bonchev–Trinajstić information content (AvgIpc) is 3.32. The van der Waals surface area contributed by atoms with Crippen LogP contribution in [-0.4, -0.2) is 86.1 Å². The van der Waals surface area contributed by atoms with Crippen molar-refractivity contribution in [2.24, 2.45) is 0 Å². The standard InChI is InChI=1S/C57H106O10/c1-4-7-10-13-16-19-21-23-25-27-29-32-34-37-40-43-55(60)65-51-54(67-57(62)45-42-39-36-33-30-28-26-24-22-20-17-14-11-8-5-2)50-64-49-53(48-63-47-52(59)46-58)66-56(61)44-41-38-35-31-18-15-12-9-6-3/h23-26,52-54,58-59H,4-22,27-51H2,1-3H3/b25-23-,26-24-. The molecule has 0 amide bonds. The third-order valence-corrected chi connectivity index (χ3v) is 12.2. The molecule has 0 aromatic heterocycles. The Morgan fingerprint density at radius 3 is 1.00 bits per heavy atom. The van der Waals surface area contributed by atoms with Crippen LogP contribution in [0, 0.1) is 0 Å². The number of esters is 3. The topological polar surface area (TPSA) is 138 Å². The lowest BCUT2D eigenvalue weighted by atomic mass is 10.1. The van der Waals surface area contributed by atoms with Crippen LogP contribution in [0.5, 0.6) is 0 Å². The first-order valence-corrected chi connectivity index (χ1v) is 28.1. The van der Waals surface area contributed by atoms with Gasteiger partial charge in [0.2, 0.25) is 0 Å². The Morgan fingerprint density at radius 1 is 0.373 bits per heavy atom. The molecule has 10 nitrogen and oxygen atoms in total. The van der Waals surface area contributed by atoms with Gasteiger partial charge >= 0.3 is 17.9 Å². The molecule has 0 fully saturated rings. The highest BCUT2D eigenvalue weighted by Crippen LogP contribution is 2.15. The Hall–Kier alpha value is -2.27. The van der Waals surface area contributed by atoms with Gasteiger partial charge in [-0.2, -0.15) is 0 Å². The SMILES string of the molecule is CCCCCCCC/C=C\CCCCCCCC(=O)OCC(COCC(COCC(O)CO)OC(=O)CCCCCCCCCCC)OC(=O)CCCCCCC/C=C\CCCCCCCC. The number of rotatable bonds is 53. The van der Waals surface area contributed by atoms with Crippen LogP contribution in [0.25, 0.3) is 0 Å². The average molecular weight is 951 g/mol. The van der Waals surface area contributed by atoms with Crippen LogP contribution in [0.2, 0.25) is 0 Å². The van der Waals surface area contributed by atoms with Crippen molar-refractivity contribution in [3.8, 4) is 0 Å². The summed E-state index contributed by atoms with van der Waals surface area (Å²) in [4.78, 5) is 38.6. The second-order valence-electron chi connectivity index (χ2n) is 19.1. The van der Waals surface area contributed by atoms with E-state index in [2.05, 4.69) is 45.1 Å². The van der Waals surface area contributed by atoms with Crippen LogP contribution < -0.4 is 0 Å². The van der Waals surface area contributed by atoms with E-state index < -0.39 is 24.9 Å². The van der Waals surface area contributed by atoms with E-state index in [0.29, 0.717) is 6.42 Å². The quantitative estimate of drug-likeness (QED) is 0.0262. The molecule has 0 saturated heterocycles. The van der Waals surface area contributed by atoms with Gasteiger partial charge in [0.05, 0.1) is 33.0 Å². The van der Waals surface area contributed by atoms with E-state index in [0.717, 1.165) is 96.3 Å². The number of hydrogen-bond acceptors (Lipinski definition) is 10. The summed E-state index contributed by atoms with van der Waals surface area (Å²) in [5, 5.41) is 19.0. The minimum atomic E-state index is -1.05. The first kappa shape index (κ1) is 64.7. The first-order chi connectivity index (χ1) is 32.9. The van der Waals surface area contributed by atoms with Gasteiger partial charge < -0.3 is 33.9 Å². The normalized spacial score (nSPS) is 13.1. The molecule has 0 saturated carbocycles. The van der Waals surface area contributed by atoms with Crippen molar-refractivity contribution in [2.45, 2.75) is 283 Å². The molecule has 67 heavy (non-hydrogen) atoms. The molecule has 3 unspecified atom stereocenters. The van der Waals surface area contributed by atoms with Gasteiger partial charge in [-0.15, -0.1) is 0 Å². The van der Waals surface area contributed by atoms with Crippen molar-refractivity contribution in [2.75, 3.05) is 39.6 Å². The Morgan fingerprint density at radius 2 is 0.657 bits per heavy atom. The van der Waals surface area contributed by atoms with Crippen molar-refractivity contribution in [1.82, 2.24) is 0 Å². The van der Waals surface area contributed by atoms with Gasteiger partial charge in [0.1, 0.15) is 18.8 Å². The van der Waals surface area contributed by atoms with E-state index in [1.54, 1.807) is 0 Å². The maximum atomic E-state index is 13.0. The zero-order valence-corrected chi connectivity index (χ0v) is 43.8. The summed E-state index contributed by atoms with van der Waals surface area (Å²) in [5.41, 5.74) is 0. The fraction of sp³-hybridized carbons (Fsp3) is 0.877. The summed E-state index contributed by atoms with van der Waals surface area (Å²) in [6.45, 7) is 5.92. The maximum Gasteiger partial charge on any atom is 0.306 e. The monoisotopic (exact) mass is 951 g/mol. The van der Waals surface area contributed by atoms with Gasteiger partial charge in [-0.3, -0.25) is 14.4 Å². The molecule has 0 spiro atoms. The van der Waals surface area contributed by atoms with E-state index in [4.69, 9.17) is 23.7 Å². The van der Waals surface area contributed by atoms with Crippen molar-refractivity contribution < 1.29 is 48.3 Å². The number of carbonyl (C=O) groups is 3. The third-order valence-electron chi connectivity index (χ3n) is 12.2. The lowest BCUT2D eigenvalue weighted by Crippen LogP contribution is -2.34. The molecule has 0 aromatic rings. The number of unbranched alkanes of at least 4 members (excludes halogenated alkanes) is 30. The Bertz CT molecular complexity index is 1130. The minimum absolute atomic E-state index is 0.0363. The number of aliphatic hydroxyl groups is 2. The Balaban J connectivity index is 4.90. The molecule has 3 atom stereocenters. The van der Waals surface area contributed by atoms with Crippen molar-refractivity contribution in [3.63, 3.8) is 0 Å². The highest BCUT2D eigenvalue weighted by atomic mass is 16.6. The molecular formula is C57H106O10. The summed E-state index contributed by atoms with van der Waals surface area (Å²) in [5.74, 6) is -1.03. The molecule has 0 aliphatic carbocycles.